The zero-order chi connectivity index (χ0) is 13.0. The van der Waals surface area contributed by atoms with Gasteiger partial charge in [-0.15, -0.1) is 11.3 Å². The molecule has 0 aliphatic heterocycles. The predicted octanol–water partition coefficient (Wildman–Crippen LogP) is 5.00. The van der Waals surface area contributed by atoms with Crippen molar-refractivity contribution in [2.24, 2.45) is 11.8 Å². The Labute approximate surface area is 116 Å². The molecule has 1 heterocycles. The zero-order valence-corrected chi connectivity index (χ0v) is 12.8. The molecule has 18 heavy (non-hydrogen) atoms. The number of nitrogens with one attached hydrogen (secondary N) is 1. The Morgan fingerprint density at radius 2 is 2.17 bits per heavy atom. The maximum absolute atomic E-state index is 3.83. The van der Waals surface area contributed by atoms with E-state index in [0.29, 0.717) is 6.04 Å². The van der Waals surface area contributed by atoms with Crippen LogP contribution in [-0.4, -0.2) is 6.04 Å². The lowest BCUT2D eigenvalue weighted by Gasteiger charge is -2.32. The lowest BCUT2D eigenvalue weighted by atomic mass is 9.81. The highest BCUT2D eigenvalue weighted by atomic mass is 32.1. The van der Waals surface area contributed by atoms with Crippen LogP contribution >= 0.6 is 11.3 Å². The molecular weight excluding hydrogens is 238 g/mol. The van der Waals surface area contributed by atoms with Gasteiger partial charge in [0.2, 0.25) is 0 Å². The Bertz CT molecular complexity index is 331. The molecule has 1 aromatic rings. The quantitative estimate of drug-likeness (QED) is 0.789. The molecule has 2 heteroatoms. The van der Waals surface area contributed by atoms with Crippen molar-refractivity contribution < 1.29 is 0 Å². The predicted molar refractivity (Wildman–Crippen MR) is 81.1 cm³/mol. The summed E-state index contributed by atoms with van der Waals surface area (Å²) in [5, 5.41) is 6.01. The highest BCUT2D eigenvalue weighted by Crippen LogP contribution is 2.31. The van der Waals surface area contributed by atoms with Crippen LogP contribution < -0.4 is 5.32 Å². The number of rotatable bonds is 5. The van der Waals surface area contributed by atoms with Gasteiger partial charge in [-0.1, -0.05) is 32.8 Å². The Kier molecular flexibility index (Phi) is 5.25. The van der Waals surface area contributed by atoms with Crippen molar-refractivity contribution in [3.63, 3.8) is 0 Å². The van der Waals surface area contributed by atoms with Gasteiger partial charge < -0.3 is 5.32 Å². The molecular formula is C16H27NS. The van der Waals surface area contributed by atoms with Crippen LogP contribution in [0.25, 0.3) is 0 Å². The maximum Gasteiger partial charge on any atom is 0.0388 e. The van der Waals surface area contributed by atoms with E-state index in [9.17, 15) is 0 Å². The van der Waals surface area contributed by atoms with Crippen molar-refractivity contribution in [3.05, 3.63) is 22.4 Å². The van der Waals surface area contributed by atoms with E-state index in [0.717, 1.165) is 17.9 Å². The van der Waals surface area contributed by atoms with Crippen molar-refractivity contribution in [3.8, 4) is 0 Å². The molecule has 3 atom stereocenters. The van der Waals surface area contributed by atoms with Crippen LogP contribution in [0.1, 0.15) is 63.8 Å². The molecule has 0 spiro atoms. The van der Waals surface area contributed by atoms with Crippen molar-refractivity contribution in [1.82, 2.24) is 5.32 Å². The number of hydrogen-bond acceptors (Lipinski definition) is 2. The summed E-state index contributed by atoms with van der Waals surface area (Å²) in [5.41, 5.74) is 0. The molecule has 0 amide bonds. The van der Waals surface area contributed by atoms with Crippen LogP contribution in [0.5, 0.6) is 0 Å². The van der Waals surface area contributed by atoms with Gasteiger partial charge in [-0.2, -0.15) is 0 Å². The van der Waals surface area contributed by atoms with Gasteiger partial charge in [-0.25, -0.2) is 0 Å². The second-order valence-corrected chi connectivity index (χ2v) is 7.24. The van der Waals surface area contributed by atoms with E-state index in [2.05, 4.69) is 43.6 Å². The standard InChI is InChI=1S/C16H27NS/c1-12(2)10-14-6-4-7-15(11-14)17-13(3)16-8-5-9-18-16/h5,8-9,12-15,17H,4,6-7,10-11H2,1-3H3. The van der Waals surface area contributed by atoms with E-state index in [4.69, 9.17) is 0 Å². The first-order valence-corrected chi connectivity index (χ1v) is 8.32. The van der Waals surface area contributed by atoms with Crippen LogP contribution in [0.4, 0.5) is 0 Å². The Morgan fingerprint density at radius 1 is 1.33 bits per heavy atom. The summed E-state index contributed by atoms with van der Waals surface area (Å²) in [7, 11) is 0. The SMILES string of the molecule is CC(C)CC1CCCC(NC(C)c2cccs2)C1. The zero-order valence-electron chi connectivity index (χ0n) is 12.0. The molecule has 1 N–H and O–H groups in total. The summed E-state index contributed by atoms with van der Waals surface area (Å²) in [5.74, 6) is 1.80. The number of hydrogen-bond donors (Lipinski definition) is 1. The molecule has 1 aromatic heterocycles. The largest absolute Gasteiger partial charge is 0.307 e. The van der Waals surface area contributed by atoms with E-state index >= 15 is 0 Å². The maximum atomic E-state index is 3.83. The van der Waals surface area contributed by atoms with Gasteiger partial charge in [0.1, 0.15) is 0 Å². The molecule has 1 saturated carbocycles. The summed E-state index contributed by atoms with van der Waals surface area (Å²) >= 11 is 1.87. The second kappa shape index (κ2) is 6.72. The molecule has 3 unspecified atom stereocenters. The Hall–Kier alpha value is -0.340. The van der Waals surface area contributed by atoms with Gasteiger partial charge in [-0.3, -0.25) is 0 Å². The van der Waals surface area contributed by atoms with Crippen LogP contribution in [0.15, 0.2) is 17.5 Å². The average molecular weight is 265 g/mol. The minimum Gasteiger partial charge on any atom is -0.307 e. The fourth-order valence-corrected chi connectivity index (χ4v) is 4.04. The van der Waals surface area contributed by atoms with Gasteiger partial charge in [0, 0.05) is 17.0 Å². The summed E-state index contributed by atoms with van der Waals surface area (Å²) < 4.78 is 0. The first kappa shape index (κ1) is 14.1. The van der Waals surface area contributed by atoms with Gasteiger partial charge in [0.05, 0.1) is 0 Å². The van der Waals surface area contributed by atoms with Crippen LogP contribution in [-0.2, 0) is 0 Å². The third kappa shape index (κ3) is 4.10. The molecule has 1 fully saturated rings. The second-order valence-electron chi connectivity index (χ2n) is 6.26. The lowest BCUT2D eigenvalue weighted by molar-refractivity contribution is 0.243. The normalized spacial score (nSPS) is 26.4. The van der Waals surface area contributed by atoms with Gasteiger partial charge >= 0.3 is 0 Å². The van der Waals surface area contributed by atoms with Crippen LogP contribution in [0, 0.1) is 11.8 Å². The van der Waals surface area contributed by atoms with Gasteiger partial charge in [-0.05, 0) is 49.5 Å². The lowest BCUT2D eigenvalue weighted by Crippen LogP contribution is -2.35. The minimum atomic E-state index is 0.521. The molecule has 0 saturated heterocycles. The van der Waals surface area contributed by atoms with Crippen molar-refractivity contribution >= 4 is 11.3 Å². The average Bonchev–Trinajstić information content (AvgIpc) is 2.81. The fourth-order valence-electron chi connectivity index (χ4n) is 3.30. The van der Waals surface area contributed by atoms with Crippen LogP contribution in [0.3, 0.4) is 0 Å². The van der Waals surface area contributed by atoms with Gasteiger partial charge in [0.25, 0.3) is 0 Å². The third-order valence-corrected chi connectivity index (χ3v) is 5.10. The number of thiophene rings is 1. The molecule has 0 aromatic carbocycles. The molecule has 102 valence electrons. The highest BCUT2D eigenvalue weighted by molar-refractivity contribution is 7.10. The molecule has 1 aliphatic carbocycles. The van der Waals surface area contributed by atoms with Crippen molar-refractivity contribution in [2.75, 3.05) is 0 Å². The molecule has 1 aliphatic rings. The highest BCUT2D eigenvalue weighted by Gasteiger charge is 2.23. The van der Waals surface area contributed by atoms with E-state index in [1.807, 2.05) is 11.3 Å². The smallest absolute Gasteiger partial charge is 0.0388 e. The molecule has 2 rings (SSSR count). The topological polar surface area (TPSA) is 12.0 Å². The molecule has 1 nitrogen and oxygen atoms in total. The van der Waals surface area contributed by atoms with Gasteiger partial charge in [0.15, 0.2) is 0 Å². The minimum absolute atomic E-state index is 0.521. The summed E-state index contributed by atoms with van der Waals surface area (Å²) in [4.78, 5) is 1.47. The third-order valence-electron chi connectivity index (χ3n) is 4.04. The summed E-state index contributed by atoms with van der Waals surface area (Å²) in [6.07, 6.45) is 7.01. The van der Waals surface area contributed by atoms with E-state index < -0.39 is 0 Å². The van der Waals surface area contributed by atoms with Crippen molar-refractivity contribution in [1.29, 1.82) is 0 Å². The Morgan fingerprint density at radius 3 is 2.83 bits per heavy atom. The first-order chi connectivity index (χ1) is 8.65. The van der Waals surface area contributed by atoms with E-state index in [1.54, 1.807) is 0 Å². The first-order valence-electron chi connectivity index (χ1n) is 7.44. The molecule has 0 radical (unpaired) electrons. The van der Waals surface area contributed by atoms with E-state index in [-0.39, 0.29) is 0 Å². The van der Waals surface area contributed by atoms with Crippen molar-refractivity contribution in [2.45, 2.75) is 65.0 Å². The fraction of sp³-hybridized carbons (Fsp3) is 0.750. The monoisotopic (exact) mass is 265 g/mol. The molecule has 0 bridgehead atoms. The summed E-state index contributed by atoms with van der Waals surface area (Å²) in [6.45, 7) is 7.01. The van der Waals surface area contributed by atoms with Crippen LogP contribution in [0.2, 0.25) is 0 Å². The van der Waals surface area contributed by atoms with E-state index in [1.165, 1.54) is 37.0 Å². The summed E-state index contributed by atoms with van der Waals surface area (Å²) in [6, 6.07) is 5.66. The Balaban J connectivity index is 1.82.